The highest BCUT2D eigenvalue weighted by molar-refractivity contribution is 5.74. The lowest BCUT2D eigenvalue weighted by molar-refractivity contribution is 0.0112. The van der Waals surface area contributed by atoms with Gasteiger partial charge in [-0.25, -0.2) is 9.78 Å². The van der Waals surface area contributed by atoms with E-state index in [2.05, 4.69) is 35.6 Å². The van der Waals surface area contributed by atoms with Crippen LogP contribution in [0, 0.1) is 5.92 Å². The van der Waals surface area contributed by atoms with Crippen molar-refractivity contribution in [1.29, 1.82) is 0 Å². The third-order valence-electron chi connectivity index (χ3n) is 3.72. The Morgan fingerprint density at radius 2 is 2.38 bits per heavy atom. The molecule has 0 spiro atoms. The van der Waals surface area contributed by atoms with E-state index in [9.17, 15) is 4.79 Å². The lowest BCUT2D eigenvalue weighted by Gasteiger charge is -2.35. The van der Waals surface area contributed by atoms with Crippen LogP contribution in [-0.2, 0) is 17.8 Å². The molecule has 118 valence electrons. The van der Waals surface area contributed by atoms with E-state index in [1.54, 1.807) is 6.20 Å². The summed E-state index contributed by atoms with van der Waals surface area (Å²) >= 11 is 0. The van der Waals surface area contributed by atoms with Crippen LogP contribution in [0.1, 0.15) is 33.0 Å². The summed E-state index contributed by atoms with van der Waals surface area (Å²) in [4.78, 5) is 18.5. The van der Waals surface area contributed by atoms with E-state index >= 15 is 0 Å². The molecule has 1 unspecified atom stereocenters. The third-order valence-corrected chi connectivity index (χ3v) is 3.72. The van der Waals surface area contributed by atoms with Crippen LogP contribution in [0.25, 0.3) is 0 Å². The second-order valence-corrected chi connectivity index (χ2v) is 5.88. The van der Waals surface area contributed by atoms with Crippen molar-refractivity contribution >= 4 is 6.03 Å². The smallest absolute Gasteiger partial charge is 0.318 e. The first kappa shape index (κ1) is 15.8. The fraction of sp³-hybridized carbons (Fsp3) is 0.733. The molecule has 6 nitrogen and oxygen atoms in total. The van der Waals surface area contributed by atoms with Crippen molar-refractivity contribution in [2.75, 3.05) is 19.8 Å². The van der Waals surface area contributed by atoms with E-state index in [4.69, 9.17) is 4.74 Å². The van der Waals surface area contributed by atoms with Gasteiger partial charge in [0.15, 0.2) is 0 Å². The van der Waals surface area contributed by atoms with E-state index < -0.39 is 0 Å². The molecule has 6 heteroatoms. The number of amides is 2. The van der Waals surface area contributed by atoms with Gasteiger partial charge < -0.3 is 19.5 Å². The molecule has 1 aromatic rings. The van der Waals surface area contributed by atoms with Crippen LogP contribution in [-0.4, -0.2) is 46.3 Å². The van der Waals surface area contributed by atoms with Crippen LogP contribution in [0.4, 0.5) is 4.79 Å². The summed E-state index contributed by atoms with van der Waals surface area (Å²) in [6, 6.07) is 0.151. The molecular formula is C15H26N4O2. The van der Waals surface area contributed by atoms with Gasteiger partial charge in [0.25, 0.3) is 0 Å². The average molecular weight is 294 g/mol. The van der Waals surface area contributed by atoms with Gasteiger partial charge in [-0.1, -0.05) is 20.8 Å². The van der Waals surface area contributed by atoms with Crippen molar-refractivity contribution in [1.82, 2.24) is 19.8 Å². The maximum absolute atomic E-state index is 12.3. The number of hydrogen-bond donors (Lipinski definition) is 1. The Morgan fingerprint density at radius 3 is 3.10 bits per heavy atom. The predicted octanol–water partition coefficient (Wildman–Crippen LogP) is 1.86. The number of carbonyl (C=O) groups excluding carboxylic acids is 1. The van der Waals surface area contributed by atoms with Crippen LogP contribution in [0.3, 0.4) is 0 Å². The molecule has 2 rings (SSSR count). The highest BCUT2D eigenvalue weighted by atomic mass is 16.5. The minimum Gasteiger partial charge on any atom is -0.377 e. The van der Waals surface area contributed by atoms with Crippen molar-refractivity contribution in [2.24, 2.45) is 5.92 Å². The molecule has 0 saturated carbocycles. The highest BCUT2D eigenvalue weighted by Gasteiger charge is 2.25. The number of carbonyl (C=O) groups is 1. The number of aromatic nitrogens is 2. The van der Waals surface area contributed by atoms with Gasteiger partial charge in [0, 0.05) is 25.5 Å². The zero-order valence-corrected chi connectivity index (χ0v) is 13.2. The minimum atomic E-state index is -0.0238. The number of imidazole rings is 1. The summed E-state index contributed by atoms with van der Waals surface area (Å²) < 4.78 is 7.53. The van der Waals surface area contributed by atoms with Crippen LogP contribution in [0.15, 0.2) is 12.4 Å². The van der Waals surface area contributed by atoms with Gasteiger partial charge in [0.2, 0.25) is 0 Å². The molecule has 0 aliphatic carbocycles. The molecule has 1 atom stereocenters. The van der Waals surface area contributed by atoms with Crippen molar-refractivity contribution in [3.05, 3.63) is 18.2 Å². The number of hydrogen-bond acceptors (Lipinski definition) is 3. The van der Waals surface area contributed by atoms with Gasteiger partial charge >= 0.3 is 6.03 Å². The first-order valence-electron chi connectivity index (χ1n) is 7.74. The van der Waals surface area contributed by atoms with Gasteiger partial charge in [0.05, 0.1) is 25.8 Å². The summed E-state index contributed by atoms with van der Waals surface area (Å²) in [6.07, 6.45) is 4.66. The van der Waals surface area contributed by atoms with Crippen LogP contribution in [0.2, 0.25) is 0 Å². The maximum Gasteiger partial charge on any atom is 0.318 e. The summed E-state index contributed by atoms with van der Waals surface area (Å²) in [6.45, 7) is 9.70. The van der Waals surface area contributed by atoms with Crippen molar-refractivity contribution in [3.8, 4) is 0 Å². The second kappa shape index (κ2) is 7.45. The van der Waals surface area contributed by atoms with E-state index in [0.717, 1.165) is 18.8 Å². The second-order valence-electron chi connectivity index (χ2n) is 5.88. The molecule has 0 aromatic carbocycles. The van der Waals surface area contributed by atoms with Crippen molar-refractivity contribution in [2.45, 2.75) is 46.3 Å². The SMILES string of the molecule is CCC1COCCN1C(=O)NCc1nccn1CC(C)C. The Balaban J connectivity index is 1.90. The van der Waals surface area contributed by atoms with Crippen molar-refractivity contribution in [3.63, 3.8) is 0 Å². The molecule has 0 radical (unpaired) electrons. The third kappa shape index (κ3) is 4.20. The monoisotopic (exact) mass is 294 g/mol. The molecule has 1 aliphatic heterocycles. The lowest BCUT2D eigenvalue weighted by atomic mass is 10.2. The molecule has 1 aromatic heterocycles. The van der Waals surface area contributed by atoms with E-state index in [1.165, 1.54) is 0 Å². The largest absolute Gasteiger partial charge is 0.377 e. The fourth-order valence-electron chi connectivity index (χ4n) is 2.58. The van der Waals surface area contributed by atoms with Crippen molar-refractivity contribution < 1.29 is 9.53 Å². The number of morpholine rings is 1. The van der Waals surface area contributed by atoms with Gasteiger partial charge in [-0.05, 0) is 12.3 Å². The number of ether oxygens (including phenoxy) is 1. The molecule has 2 heterocycles. The Kier molecular flexibility index (Phi) is 5.61. The quantitative estimate of drug-likeness (QED) is 0.901. The van der Waals surface area contributed by atoms with Gasteiger partial charge in [-0.2, -0.15) is 0 Å². The Labute approximate surface area is 126 Å². The summed E-state index contributed by atoms with van der Waals surface area (Å²) in [5.41, 5.74) is 0. The first-order chi connectivity index (χ1) is 10.1. The molecule has 1 aliphatic rings. The molecule has 0 bridgehead atoms. The molecular weight excluding hydrogens is 268 g/mol. The lowest BCUT2D eigenvalue weighted by Crippen LogP contribution is -2.52. The predicted molar refractivity (Wildman–Crippen MR) is 80.9 cm³/mol. The Hall–Kier alpha value is -1.56. The molecule has 21 heavy (non-hydrogen) atoms. The zero-order valence-electron chi connectivity index (χ0n) is 13.2. The van der Waals surface area contributed by atoms with E-state index in [1.807, 2.05) is 11.1 Å². The Morgan fingerprint density at radius 1 is 1.57 bits per heavy atom. The number of urea groups is 1. The van der Waals surface area contributed by atoms with Gasteiger partial charge in [-0.3, -0.25) is 0 Å². The molecule has 1 fully saturated rings. The van der Waals surface area contributed by atoms with Crippen LogP contribution >= 0.6 is 0 Å². The molecule has 1 N–H and O–H groups in total. The average Bonchev–Trinajstić information content (AvgIpc) is 2.91. The molecule has 1 saturated heterocycles. The standard InChI is InChI=1S/C15H26N4O2/c1-4-13-11-21-8-7-19(13)15(20)17-9-14-16-5-6-18(14)10-12(2)3/h5-6,12-13H,4,7-11H2,1-3H3,(H,17,20). The van der Waals surface area contributed by atoms with Crippen LogP contribution in [0.5, 0.6) is 0 Å². The number of rotatable bonds is 5. The number of nitrogens with zero attached hydrogens (tertiary/aromatic N) is 3. The van der Waals surface area contributed by atoms with Crippen LogP contribution < -0.4 is 5.32 Å². The highest BCUT2D eigenvalue weighted by Crippen LogP contribution is 2.10. The maximum atomic E-state index is 12.3. The first-order valence-corrected chi connectivity index (χ1v) is 7.74. The molecule has 2 amide bonds. The van der Waals surface area contributed by atoms with Gasteiger partial charge in [0.1, 0.15) is 5.82 Å². The summed E-state index contributed by atoms with van der Waals surface area (Å²) in [5.74, 6) is 1.45. The Bertz CT molecular complexity index is 458. The van der Waals surface area contributed by atoms with E-state index in [-0.39, 0.29) is 12.1 Å². The summed E-state index contributed by atoms with van der Waals surface area (Å²) in [5, 5.41) is 2.98. The normalized spacial score (nSPS) is 19.0. The number of nitrogens with one attached hydrogen (secondary N) is 1. The zero-order chi connectivity index (χ0) is 15.2. The van der Waals surface area contributed by atoms with Gasteiger partial charge in [-0.15, -0.1) is 0 Å². The summed E-state index contributed by atoms with van der Waals surface area (Å²) in [7, 11) is 0. The van der Waals surface area contributed by atoms with E-state index in [0.29, 0.717) is 32.2 Å². The topological polar surface area (TPSA) is 59.4 Å². The minimum absolute atomic E-state index is 0.0238. The fourth-order valence-corrected chi connectivity index (χ4v) is 2.58.